The van der Waals surface area contributed by atoms with E-state index in [2.05, 4.69) is 17.1 Å². The third-order valence-electron chi connectivity index (χ3n) is 4.28. The molecule has 4 nitrogen and oxygen atoms in total. The zero-order valence-electron chi connectivity index (χ0n) is 10.9. The van der Waals surface area contributed by atoms with Crippen LogP contribution in [0, 0.1) is 5.92 Å². The monoisotopic (exact) mass is 239 g/mol. The van der Waals surface area contributed by atoms with Crippen LogP contribution >= 0.6 is 0 Å². The van der Waals surface area contributed by atoms with Gasteiger partial charge in [-0.3, -0.25) is 4.79 Å². The van der Waals surface area contributed by atoms with Crippen LogP contribution in [0.15, 0.2) is 0 Å². The maximum absolute atomic E-state index is 11.8. The molecule has 1 atom stereocenters. The van der Waals surface area contributed by atoms with Gasteiger partial charge in [0.1, 0.15) is 0 Å². The smallest absolute Gasteiger partial charge is 0.237 e. The van der Waals surface area contributed by atoms with E-state index in [1.165, 1.54) is 12.8 Å². The maximum Gasteiger partial charge on any atom is 0.237 e. The summed E-state index contributed by atoms with van der Waals surface area (Å²) in [5.74, 6) is 0.632. The van der Waals surface area contributed by atoms with Crippen molar-refractivity contribution in [1.82, 2.24) is 10.2 Å². The van der Waals surface area contributed by atoms with Gasteiger partial charge < -0.3 is 16.0 Å². The lowest BCUT2D eigenvalue weighted by Gasteiger charge is -2.31. The zero-order valence-corrected chi connectivity index (χ0v) is 10.9. The molecule has 1 saturated heterocycles. The van der Waals surface area contributed by atoms with Crippen LogP contribution in [0.2, 0.25) is 0 Å². The van der Waals surface area contributed by atoms with Crippen LogP contribution in [-0.2, 0) is 4.79 Å². The molecule has 0 aromatic rings. The molecular weight excluding hydrogens is 214 g/mol. The molecule has 1 saturated carbocycles. The Kier molecular flexibility index (Phi) is 4.05. The average molecular weight is 239 g/mol. The molecule has 0 aromatic heterocycles. The molecule has 0 radical (unpaired) electrons. The number of hydrogen-bond acceptors (Lipinski definition) is 3. The molecule has 1 aliphatic heterocycles. The number of hydrogen-bond donors (Lipinski definition) is 2. The number of rotatable bonds is 5. The molecule has 2 aliphatic rings. The van der Waals surface area contributed by atoms with Crippen molar-refractivity contribution in [2.75, 3.05) is 26.2 Å². The van der Waals surface area contributed by atoms with Gasteiger partial charge in [-0.05, 0) is 57.7 Å². The SMILES string of the molecule is CCN1CCCC(NCC2CC2)(C(N)=O)CC1. The van der Waals surface area contributed by atoms with Gasteiger partial charge in [-0.25, -0.2) is 0 Å². The number of nitrogens with two attached hydrogens (primary N) is 1. The Morgan fingerprint density at radius 2 is 2.18 bits per heavy atom. The molecule has 0 aromatic carbocycles. The highest BCUT2D eigenvalue weighted by Crippen LogP contribution is 2.30. The predicted molar refractivity (Wildman–Crippen MR) is 68.6 cm³/mol. The summed E-state index contributed by atoms with van der Waals surface area (Å²) in [6, 6.07) is 0. The van der Waals surface area contributed by atoms with Crippen LogP contribution in [0.3, 0.4) is 0 Å². The predicted octanol–water partition coefficient (Wildman–Crippen LogP) is 0.716. The van der Waals surface area contributed by atoms with E-state index in [0.29, 0.717) is 0 Å². The van der Waals surface area contributed by atoms with Gasteiger partial charge in [-0.1, -0.05) is 6.92 Å². The van der Waals surface area contributed by atoms with Crippen molar-refractivity contribution in [3.8, 4) is 0 Å². The van der Waals surface area contributed by atoms with Crippen LogP contribution in [-0.4, -0.2) is 42.5 Å². The van der Waals surface area contributed by atoms with Crippen LogP contribution in [0.25, 0.3) is 0 Å². The molecule has 0 bridgehead atoms. The largest absolute Gasteiger partial charge is 0.368 e. The Balaban J connectivity index is 1.96. The lowest BCUT2D eigenvalue weighted by Crippen LogP contribution is -2.56. The third kappa shape index (κ3) is 3.19. The van der Waals surface area contributed by atoms with Crippen LogP contribution in [0.5, 0.6) is 0 Å². The van der Waals surface area contributed by atoms with E-state index in [0.717, 1.165) is 51.4 Å². The Hall–Kier alpha value is -0.610. The summed E-state index contributed by atoms with van der Waals surface area (Å²) < 4.78 is 0. The first-order valence-electron chi connectivity index (χ1n) is 6.93. The van der Waals surface area contributed by atoms with Crippen molar-refractivity contribution in [3.05, 3.63) is 0 Å². The fourth-order valence-electron chi connectivity index (χ4n) is 2.68. The van der Waals surface area contributed by atoms with Gasteiger partial charge in [-0.2, -0.15) is 0 Å². The summed E-state index contributed by atoms with van der Waals surface area (Å²) >= 11 is 0. The normalized spacial score (nSPS) is 31.1. The molecule has 1 aliphatic carbocycles. The van der Waals surface area contributed by atoms with Gasteiger partial charge in [0.15, 0.2) is 0 Å². The van der Waals surface area contributed by atoms with E-state index in [1.807, 2.05) is 0 Å². The summed E-state index contributed by atoms with van der Waals surface area (Å²) in [6.07, 6.45) is 5.44. The molecule has 4 heteroatoms. The molecule has 1 unspecified atom stereocenters. The summed E-state index contributed by atoms with van der Waals surface area (Å²) in [7, 11) is 0. The molecule has 2 rings (SSSR count). The van der Waals surface area contributed by atoms with Crippen LogP contribution in [0.1, 0.15) is 39.0 Å². The molecule has 1 amide bonds. The Bertz CT molecular complexity index is 278. The summed E-state index contributed by atoms with van der Waals surface area (Å²) in [6.45, 7) is 6.29. The fraction of sp³-hybridized carbons (Fsp3) is 0.923. The van der Waals surface area contributed by atoms with E-state index in [-0.39, 0.29) is 5.91 Å². The van der Waals surface area contributed by atoms with E-state index >= 15 is 0 Å². The minimum absolute atomic E-state index is 0.156. The number of primary amides is 1. The second kappa shape index (κ2) is 5.36. The van der Waals surface area contributed by atoms with Crippen LogP contribution in [0.4, 0.5) is 0 Å². The number of carbonyl (C=O) groups is 1. The number of nitrogens with one attached hydrogen (secondary N) is 1. The zero-order chi connectivity index (χ0) is 12.3. The lowest BCUT2D eigenvalue weighted by molar-refractivity contribution is -0.125. The van der Waals surface area contributed by atoms with Gasteiger partial charge in [0.25, 0.3) is 0 Å². The molecular formula is C13H25N3O. The quantitative estimate of drug-likeness (QED) is 0.743. The van der Waals surface area contributed by atoms with Crippen molar-refractivity contribution in [3.63, 3.8) is 0 Å². The number of likely N-dealkylation sites (tertiary alicyclic amines) is 1. The lowest BCUT2D eigenvalue weighted by atomic mass is 9.89. The first kappa shape index (κ1) is 12.8. The first-order chi connectivity index (χ1) is 8.16. The molecule has 17 heavy (non-hydrogen) atoms. The van der Waals surface area contributed by atoms with Gasteiger partial charge >= 0.3 is 0 Å². The minimum atomic E-state index is -0.438. The van der Waals surface area contributed by atoms with E-state index in [9.17, 15) is 4.79 Å². The molecule has 0 spiro atoms. The molecule has 2 fully saturated rings. The second-order valence-corrected chi connectivity index (χ2v) is 5.56. The van der Waals surface area contributed by atoms with Gasteiger partial charge in [-0.15, -0.1) is 0 Å². The summed E-state index contributed by atoms with van der Waals surface area (Å²) in [4.78, 5) is 14.2. The number of carbonyl (C=O) groups excluding carboxylic acids is 1. The van der Waals surface area contributed by atoms with E-state index in [4.69, 9.17) is 5.73 Å². The summed E-state index contributed by atoms with van der Waals surface area (Å²) in [5.41, 5.74) is 5.21. The highest BCUT2D eigenvalue weighted by molar-refractivity contribution is 5.84. The van der Waals surface area contributed by atoms with Crippen molar-refractivity contribution >= 4 is 5.91 Å². The molecule has 3 N–H and O–H groups in total. The second-order valence-electron chi connectivity index (χ2n) is 5.56. The minimum Gasteiger partial charge on any atom is -0.368 e. The van der Waals surface area contributed by atoms with Crippen molar-refractivity contribution in [1.29, 1.82) is 0 Å². The van der Waals surface area contributed by atoms with Crippen molar-refractivity contribution in [2.45, 2.75) is 44.6 Å². The van der Waals surface area contributed by atoms with Crippen LogP contribution < -0.4 is 11.1 Å². The standard InChI is InChI=1S/C13H25N3O/c1-2-16-8-3-6-13(7-9-16,12(14)17)15-10-11-4-5-11/h11,15H,2-10H2,1H3,(H2,14,17). The topological polar surface area (TPSA) is 58.4 Å². The molecule has 1 heterocycles. The van der Waals surface area contributed by atoms with Gasteiger partial charge in [0.05, 0.1) is 5.54 Å². The highest BCUT2D eigenvalue weighted by Gasteiger charge is 2.38. The third-order valence-corrected chi connectivity index (χ3v) is 4.28. The maximum atomic E-state index is 11.8. The highest BCUT2D eigenvalue weighted by atomic mass is 16.1. The molecule has 98 valence electrons. The van der Waals surface area contributed by atoms with E-state index in [1.54, 1.807) is 0 Å². The van der Waals surface area contributed by atoms with E-state index < -0.39 is 5.54 Å². The fourth-order valence-corrected chi connectivity index (χ4v) is 2.68. The average Bonchev–Trinajstić information content (AvgIpc) is 3.13. The Morgan fingerprint density at radius 3 is 2.76 bits per heavy atom. The summed E-state index contributed by atoms with van der Waals surface area (Å²) in [5, 5.41) is 3.48. The Labute approximate surface area is 104 Å². The first-order valence-corrected chi connectivity index (χ1v) is 6.93. The van der Waals surface area contributed by atoms with Crippen molar-refractivity contribution in [2.24, 2.45) is 11.7 Å². The number of nitrogens with zero attached hydrogens (tertiary/aromatic N) is 1. The Morgan fingerprint density at radius 1 is 1.41 bits per heavy atom. The van der Waals surface area contributed by atoms with Gasteiger partial charge in [0, 0.05) is 6.54 Å². The van der Waals surface area contributed by atoms with Crippen molar-refractivity contribution < 1.29 is 4.79 Å². The van der Waals surface area contributed by atoms with Gasteiger partial charge in [0.2, 0.25) is 5.91 Å². The number of amides is 1.